The zero-order chi connectivity index (χ0) is 25.9. The summed E-state index contributed by atoms with van der Waals surface area (Å²) < 4.78 is 10.7. The first-order valence-corrected chi connectivity index (χ1v) is 11.1. The van der Waals surface area contributed by atoms with Crippen molar-refractivity contribution in [3.63, 3.8) is 0 Å². The summed E-state index contributed by atoms with van der Waals surface area (Å²) in [5.41, 5.74) is 2.97. The van der Waals surface area contributed by atoms with Crippen LogP contribution in [0.5, 0.6) is 11.5 Å². The lowest BCUT2D eigenvalue weighted by molar-refractivity contribution is 0.0734. The Kier molecular flexibility index (Phi) is 7.97. The highest BCUT2D eigenvalue weighted by Gasteiger charge is 2.09. The van der Waals surface area contributed by atoms with E-state index >= 15 is 0 Å². The third-order valence-electron chi connectivity index (χ3n) is 5.07. The molecule has 4 aromatic carbocycles. The second-order valence-corrected chi connectivity index (χ2v) is 7.53. The number of benzene rings is 4. The lowest BCUT2D eigenvalue weighted by Gasteiger charge is -2.05. The molecule has 4 rings (SSSR count). The number of aryl methyl sites for hydroxylation is 1. The monoisotopic (exact) mass is 478 g/mol. The van der Waals surface area contributed by atoms with Crippen molar-refractivity contribution in [2.24, 2.45) is 10.2 Å². The molecule has 0 unspecified atom stereocenters. The van der Waals surface area contributed by atoms with Crippen LogP contribution in [0, 0.1) is 55.0 Å². The number of carbonyl (C=O) groups is 1. The minimum atomic E-state index is -0.504. The van der Waals surface area contributed by atoms with Gasteiger partial charge in [0.25, 0.3) is 0 Å². The number of fused-ring (bicyclic) bond motifs is 1. The van der Waals surface area contributed by atoms with Gasteiger partial charge in [-0.15, -0.1) is 11.5 Å². The molecule has 0 aliphatic heterocycles. The zero-order valence-corrected chi connectivity index (χ0v) is 19.8. The summed E-state index contributed by atoms with van der Waals surface area (Å²) in [5.74, 6) is 14.7. The van der Waals surface area contributed by atoms with E-state index in [4.69, 9.17) is 15.9 Å². The van der Waals surface area contributed by atoms with E-state index in [1.807, 2.05) is 30.3 Å². The van der Waals surface area contributed by atoms with Gasteiger partial charge >= 0.3 is 5.97 Å². The Morgan fingerprint density at radius 1 is 0.730 bits per heavy atom. The molecule has 37 heavy (non-hydrogen) atoms. The lowest BCUT2D eigenvalue weighted by atomic mass is 10.0. The fourth-order valence-corrected chi connectivity index (χ4v) is 3.28. The summed E-state index contributed by atoms with van der Waals surface area (Å²) in [4.78, 5) is 12.5. The predicted molar refractivity (Wildman–Crippen MR) is 143 cm³/mol. The van der Waals surface area contributed by atoms with E-state index < -0.39 is 5.97 Å². The van der Waals surface area contributed by atoms with Gasteiger partial charge in [-0.25, -0.2) is 4.79 Å². The molecule has 0 amide bonds. The van der Waals surface area contributed by atoms with Crippen molar-refractivity contribution in [3.8, 4) is 59.6 Å². The molecule has 0 aliphatic rings. The molecule has 0 bridgehead atoms. The fourth-order valence-electron chi connectivity index (χ4n) is 3.28. The summed E-state index contributed by atoms with van der Waals surface area (Å²) in [5, 5.41) is 10.9. The lowest BCUT2D eigenvalue weighted by Crippen LogP contribution is -2.08. The highest BCUT2D eigenvalue weighted by molar-refractivity contribution is 5.94. The molecule has 0 saturated heterocycles. The molecular formula is C32H18N2O3. The van der Waals surface area contributed by atoms with E-state index in [0.717, 1.165) is 16.5 Å². The smallest absolute Gasteiger partial charge is 0.343 e. The molecule has 0 atom stereocenters. The average Bonchev–Trinajstić information content (AvgIpc) is 2.93. The van der Waals surface area contributed by atoms with Crippen LogP contribution in [0.3, 0.4) is 0 Å². The first-order valence-electron chi connectivity index (χ1n) is 11.1. The van der Waals surface area contributed by atoms with E-state index in [1.165, 1.54) is 5.56 Å². The van der Waals surface area contributed by atoms with E-state index in [9.17, 15) is 4.79 Å². The summed E-state index contributed by atoms with van der Waals surface area (Å²) in [6.07, 6.45) is 7.41. The van der Waals surface area contributed by atoms with Crippen molar-refractivity contribution in [2.45, 2.75) is 6.92 Å². The molecule has 174 valence electrons. The van der Waals surface area contributed by atoms with Crippen LogP contribution in [0.25, 0.3) is 10.8 Å². The molecular weight excluding hydrogens is 460 g/mol. The third-order valence-corrected chi connectivity index (χ3v) is 5.07. The van der Waals surface area contributed by atoms with Crippen molar-refractivity contribution in [2.75, 3.05) is 0 Å². The van der Waals surface area contributed by atoms with E-state index in [0.29, 0.717) is 22.7 Å². The molecule has 0 radical (unpaired) electrons. The maximum atomic E-state index is 12.5. The number of hydrogen-bond donors (Lipinski definition) is 0. The van der Waals surface area contributed by atoms with E-state index in [-0.39, 0.29) is 0 Å². The van der Waals surface area contributed by atoms with Gasteiger partial charge in [-0.1, -0.05) is 30.3 Å². The first-order chi connectivity index (χ1) is 18.1. The fraction of sp³-hybridized carbons (Fsp3) is 0.0312. The number of carbonyl (C=O) groups excluding carboxylic acids is 1. The van der Waals surface area contributed by atoms with Crippen LogP contribution in [0.15, 0.2) is 95.2 Å². The number of terminal acetylenes is 1. The molecule has 0 spiro atoms. The quantitative estimate of drug-likeness (QED) is 0.138. The molecule has 4 aromatic rings. The topological polar surface area (TPSA) is 60.2 Å². The van der Waals surface area contributed by atoms with Gasteiger partial charge in [0.1, 0.15) is 17.6 Å². The summed E-state index contributed by atoms with van der Waals surface area (Å²) in [6, 6.07) is 25.2. The van der Waals surface area contributed by atoms with Crippen LogP contribution in [0.1, 0.15) is 15.9 Å². The molecule has 0 aromatic heterocycles. The van der Waals surface area contributed by atoms with Gasteiger partial charge in [0.15, 0.2) is 0 Å². The Balaban J connectivity index is 1.36. The van der Waals surface area contributed by atoms with E-state index in [1.54, 1.807) is 48.5 Å². The Hall–Kier alpha value is -5.75. The third kappa shape index (κ3) is 6.65. The summed E-state index contributed by atoms with van der Waals surface area (Å²) in [6.45, 7) is 2.07. The van der Waals surface area contributed by atoms with Gasteiger partial charge < -0.3 is 9.47 Å². The number of rotatable bonds is 5. The molecule has 5 heteroatoms. The highest BCUT2D eigenvalue weighted by Crippen LogP contribution is 2.30. The predicted octanol–water partition coefficient (Wildman–Crippen LogP) is 6.76. The van der Waals surface area contributed by atoms with Crippen molar-refractivity contribution in [1.82, 2.24) is 0 Å². The SMILES string of the molecule is C#CC#CC#CC#COc1ccc(C(=O)Oc2ccc(N=Nc3ccc(C)c4ccccc34)cc2)cc1. The minimum Gasteiger partial charge on any atom is -0.423 e. The van der Waals surface area contributed by atoms with Crippen LogP contribution in [-0.2, 0) is 0 Å². The van der Waals surface area contributed by atoms with E-state index in [2.05, 4.69) is 64.8 Å². The molecule has 0 aliphatic carbocycles. The Labute approximate surface area is 215 Å². The van der Waals surface area contributed by atoms with Crippen molar-refractivity contribution >= 4 is 28.1 Å². The van der Waals surface area contributed by atoms with Crippen LogP contribution in [0.2, 0.25) is 0 Å². The largest absolute Gasteiger partial charge is 0.423 e. The summed E-state index contributed by atoms with van der Waals surface area (Å²) in [7, 11) is 0. The van der Waals surface area contributed by atoms with Gasteiger partial charge in [0.2, 0.25) is 0 Å². The molecule has 0 N–H and O–H groups in total. The van der Waals surface area contributed by atoms with Gasteiger partial charge in [0.05, 0.1) is 16.9 Å². The Morgan fingerprint density at radius 2 is 1.41 bits per heavy atom. The average molecular weight is 479 g/mol. The maximum Gasteiger partial charge on any atom is 0.343 e. The molecule has 0 heterocycles. The second kappa shape index (κ2) is 12.1. The van der Waals surface area contributed by atoms with Crippen LogP contribution < -0.4 is 9.47 Å². The van der Waals surface area contributed by atoms with Crippen LogP contribution in [0.4, 0.5) is 11.4 Å². The normalized spacial score (nSPS) is 9.62. The van der Waals surface area contributed by atoms with Crippen molar-refractivity contribution < 1.29 is 14.3 Å². The molecule has 0 fully saturated rings. The van der Waals surface area contributed by atoms with Crippen LogP contribution >= 0.6 is 0 Å². The van der Waals surface area contributed by atoms with Crippen molar-refractivity contribution in [1.29, 1.82) is 0 Å². The van der Waals surface area contributed by atoms with Gasteiger partial charge in [-0.2, -0.15) is 5.11 Å². The van der Waals surface area contributed by atoms with Gasteiger partial charge in [-0.3, -0.25) is 0 Å². The zero-order valence-electron chi connectivity index (χ0n) is 19.8. The number of hydrogen-bond acceptors (Lipinski definition) is 5. The second-order valence-electron chi connectivity index (χ2n) is 7.53. The Morgan fingerprint density at radius 3 is 2.16 bits per heavy atom. The number of esters is 1. The maximum absolute atomic E-state index is 12.5. The standard InChI is InChI=1S/C32H18N2O3/c1-3-4-5-6-7-10-23-36-27-18-14-25(15-19-27)32(35)37-28-20-16-26(17-21-28)33-34-31-22-13-24(2)29-11-8-9-12-30(29)31/h1,8-9,11-22H,2H3. The number of azo groups is 1. The number of ether oxygens (including phenoxy) is 2. The van der Waals surface area contributed by atoms with Crippen molar-refractivity contribution in [3.05, 3.63) is 96.1 Å². The molecule has 0 saturated carbocycles. The number of nitrogens with zero attached hydrogens (tertiary/aromatic N) is 2. The molecule has 5 nitrogen and oxygen atoms in total. The Bertz CT molecular complexity index is 1710. The van der Waals surface area contributed by atoms with Gasteiger partial charge in [-0.05, 0) is 90.2 Å². The highest BCUT2D eigenvalue weighted by atomic mass is 16.5. The minimum absolute atomic E-state index is 0.361. The summed E-state index contributed by atoms with van der Waals surface area (Å²) >= 11 is 0. The van der Waals surface area contributed by atoms with Crippen LogP contribution in [-0.4, -0.2) is 5.97 Å². The first kappa shape index (κ1) is 24.4. The van der Waals surface area contributed by atoms with Gasteiger partial charge in [0, 0.05) is 23.1 Å².